The maximum absolute atomic E-state index is 13.6. The first-order chi connectivity index (χ1) is 25.3. The summed E-state index contributed by atoms with van der Waals surface area (Å²) in [4.78, 5) is 50.5. The van der Waals surface area contributed by atoms with Gasteiger partial charge in [-0.15, -0.1) is 0 Å². The van der Waals surface area contributed by atoms with Crippen LogP contribution >= 0.6 is 0 Å². The Labute approximate surface area is 319 Å². The molecule has 6 unspecified atom stereocenters. The van der Waals surface area contributed by atoms with Crippen LogP contribution in [0.1, 0.15) is 148 Å². The summed E-state index contributed by atoms with van der Waals surface area (Å²) >= 11 is 0. The molecule has 0 bridgehead atoms. The number of amides is 1. The van der Waals surface area contributed by atoms with Gasteiger partial charge in [0.2, 0.25) is 0 Å². The van der Waals surface area contributed by atoms with Crippen LogP contribution in [-0.4, -0.2) is 46.7 Å². The molecule has 0 aliphatic heterocycles. The van der Waals surface area contributed by atoms with Crippen molar-refractivity contribution < 1.29 is 34.1 Å². The highest BCUT2D eigenvalue weighted by Crippen LogP contribution is 2.74. The lowest BCUT2D eigenvalue weighted by Crippen LogP contribution is -2.64. The van der Waals surface area contributed by atoms with Crippen molar-refractivity contribution in [2.75, 3.05) is 6.61 Å². The van der Waals surface area contributed by atoms with E-state index in [1.54, 1.807) is 30.3 Å². The van der Waals surface area contributed by atoms with Gasteiger partial charge in [-0.05, 0) is 127 Å². The summed E-state index contributed by atoms with van der Waals surface area (Å²) in [5, 5.41) is 22.7. The molecule has 5 aliphatic rings. The second kappa shape index (κ2) is 12.9. The molecule has 8 heteroatoms. The molecule has 1 amide bonds. The average molecular weight is 736 g/mol. The third-order valence-corrected chi connectivity index (χ3v) is 16.0. The standard InChI is InChI=1S/C46H57NO7/c1-41(2)34-18-21-46(7)35(44(34,5)20-19-36(41)47-37(48)28-12-8-9-13-29(28)38(49)50)17-16-32-33-26-42(3,22-23-43(33,4)24-25-45(32,46)6)27-54-40(53)31-15-11-10-14-30(31)39(51)52/h8-17,34-36H,18-27H2,1-7H3,(H,47,48)(H,49,50)(H,51,52)/t34?,35?,36?,42-,43?,44?,45+,46?/m0/s1. The normalized spacial score (nSPS) is 36.5. The van der Waals surface area contributed by atoms with Crippen LogP contribution in [0.25, 0.3) is 0 Å². The van der Waals surface area contributed by atoms with Gasteiger partial charge in [0.25, 0.3) is 5.91 Å². The topological polar surface area (TPSA) is 130 Å². The summed E-state index contributed by atoms with van der Waals surface area (Å²) in [6, 6.07) is 12.6. The number of hydrogen-bond donors (Lipinski definition) is 3. The molecule has 7 rings (SSSR count). The van der Waals surface area contributed by atoms with E-state index in [1.165, 1.54) is 29.3 Å². The van der Waals surface area contributed by atoms with Crippen molar-refractivity contribution in [3.05, 3.63) is 94.1 Å². The smallest absolute Gasteiger partial charge is 0.339 e. The Balaban J connectivity index is 1.15. The molecular weight excluding hydrogens is 679 g/mol. The van der Waals surface area contributed by atoms with Gasteiger partial charge in [-0.1, -0.05) is 90.5 Å². The number of esters is 1. The van der Waals surface area contributed by atoms with E-state index in [1.807, 2.05) is 0 Å². The van der Waals surface area contributed by atoms with Gasteiger partial charge in [0.15, 0.2) is 0 Å². The fourth-order valence-electron chi connectivity index (χ4n) is 12.4. The molecule has 2 aromatic carbocycles. The minimum atomic E-state index is -1.14. The number of benzene rings is 2. The van der Waals surface area contributed by atoms with E-state index in [4.69, 9.17) is 4.74 Å². The van der Waals surface area contributed by atoms with Crippen molar-refractivity contribution in [1.29, 1.82) is 0 Å². The lowest BCUT2D eigenvalue weighted by atomic mass is 9.35. The van der Waals surface area contributed by atoms with Crippen molar-refractivity contribution in [3.63, 3.8) is 0 Å². The van der Waals surface area contributed by atoms with Crippen LogP contribution in [-0.2, 0) is 4.74 Å². The molecule has 3 fully saturated rings. The average Bonchev–Trinajstić information content (AvgIpc) is 3.13. The van der Waals surface area contributed by atoms with Gasteiger partial charge < -0.3 is 20.3 Å². The fraction of sp³-hybridized carbons (Fsp3) is 0.565. The van der Waals surface area contributed by atoms with Gasteiger partial charge in [-0.2, -0.15) is 0 Å². The quantitative estimate of drug-likeness (QED) is 0.242. The predicted octanol–water partition coefficient (Wildman–Crippen LogP) is 9.76. The van der Waals surface area contributed by atoms with Gasteiger partial charge in [-0.25, -0.2) is 14.4 Å². The van der Waals surface area contributed by atoms with E-state index in [0.717, 1.165) is 57.8 Å². The second-order valence-corrected chi connectivity index (χ2v) is 19.3. The summed E-state index contributed by atoms with van der Waals surface area (Å²) in [6.07, 6.45) is 14.0. The number of nitrogens with one attached hydrogen (secondary N) is 1. The first-order valence-electron chi connectivity index (χ1n) is 19.8. The van der Waals surface area contributed by atoms with Gasteiger partial charge >= 0.3 is 17.9 Å². The molecule has 0 heterocycles. The summed E-state index contributed by atoms with van der Waals surface area (Å²) in [7, 11) is 0. The van der Waals surface area contributed by atoms with Crippen LogP contribution in [0.3, 0.4) is 0 Å². The molecule has 3 saturated carbocycles. The van der Waals surface area contributed by atoms with Crippen LogP contribution in [0.5, 0.6) is 0 Å². The number of carbonyl (C=O) groups excluding carboxylic acids is 2. The van der Waals surface area contributed by atoms with Gasteiger partial charge in [0, 0.05) is 11.5 Å². The molecule has 0 saturated heterocycles. The van der Waals surface area contributed by atoms with Gasteiger partial charge in [0.1, 0.15) is 0 Å². The van der Waals surface area contributed by atoms with Crippen molar-refractivity contribution in [3.8, 4) is 0 Å². The molecule has 0 radical (unpaired) electrons. The van der Waals surface area contributed by atoms with Crippen LogP contribution in [0.4, 0.5) is 0 Å². The number of carboxylic acid groups (broad SMARTS) is 2. The Kier molecular flexibility index (Phi) is 9.13. The lowest BCUT2D eigenvalue weighted by molar-refractivity contribution is -0.158. The Morgan fingerprint density at radius 3 is 1.98 bits per heavy atom. The van der Waals surface area contributed by atoms with Crippen LogP contribution in [0.15, 0.2) is 71.8 Å². The highest BCUT2D eigenvalue weighted by Gasteiger charge is 2.66. The lowest BCUT2D eigenvalue weighted by Gasteiger charge is -2.69. The highest BCUT2D eigenvalue weighted by molar-refractivity contribution is 6.05. The fourth-order valence-corrected chi connectivity index (χ4v) is 12.4. The first-order valence-corrected chi connectivity index (χ1v) is 19.8. The largest absolute Gasteiger partial charge is 0.478 e. The van der Waals surface area contributed by atoms with E-state index in [-0.39, 0.29) is 73.3 Å². The van der Waals surface area contributed by atoms with Crippen molar-refractivity contribution in [1.82, 2.24) is 5.32 Å². The third kappa shape index (κ3) is 5.76. The molecule has 288 valence electrons. The molecule has 54 heavy (non-hydrogen) atoms. The molecule has 8 nitrogen and oxygen atoms in total. The minimum absolute atomic E-state index is 0.0225. The summed E-state index contributed by atoms with van der Waals surface area (Å²) in [5.41, 5.74) is 2.90. The number of fused-ring (bicyclic) bond motifs is 6. The number of carbonyl (C=O) groups is 4. The number of ether oxygens (including phenoxy) is 1. The Hall–Kier alpha value is -4.20. The van der Waals surface area contributed by atoms with Gasteiger partial charge in [-0.3, -0.25) is 4.79 Å². The van der Waals surface area contributed by atoms with Gasteiger partial charge in [0.05, 0.1) is 28.9 Å². The molecule has 0 aromatic heterocycles. The monoisotopic (exact) mass is 735 g/mol. The van der Waals surface area contributed by atoms with Crippen LogP contribution in [0, 0.1) is 44.3 Å². The number of allylic oxidation sites excluding steroid dienone is 4. The van der Waals surface area contributed by atoms with Crippen LogP contribution in [0.2, 0.25) is 0 Å². The number of aromatic carboxylic acids is 2. The van der Waals surface area contributed by atoms with Crippen LogP contribution < -0.4 is 5.32 Å². The summed E-state index contributed by atoms with van der Waals surface area (Å²) < 4.78 is 5.91. The Bertz CT molecular complexity index is 1980. The maximum Gasteiger partial charge on any atom is 0.339 e. The molecular formula is C46H57NO7. The molecule has 8 atom stereocenters. The summed E-state index contributed by atoms with van der Waals surface area (Å²) in [5.74, 6) is -2.42. The number of hydrogen-bond acceptors (Lipinski definition) is 5. The van der Waals surface area contributed by atoms with Crippen molar-refractivity contribution in [2.24, 2.45) is 44.3 Å². The van der Waals surface area contributed by atoms with E-state index in [0.29, 0.717) is 11.8 Å². The molecule has 2 aromatic rings. The molecule has 0 spiro atoms. The van der Waals surface area contributed by atoms with E-state index in [9.17, 15) is 29.4 Å². The van der Waals surface area contributed by atoms with E-state index >= 15 is 0 Å². The van der Waals surface area contributed by atoms with Crippen molar-refractivity contribution in [2.45, 2.75) is 112 Å². The van der Waals surface area contributed by atoms with Crippen molar-refractivity contribution >= 4 is 23.8 Å². The summed E-state index contributed by atoms with van der Waals surface area (Å²) in [6.45, 7) is 17.0. The zero-order valence-electron chi connectivity index (χ0n) is 33.0. The first kappa shape index (κ1) is 38.1. The highest BCUT2D eigenvalue weighted by atomic mass is 16.5. The SMILES string of the molecule is CC12CC[C@](C)(COC(=O)c3ccccc3C(=O)O)CC1=C1C=CC3C4(C)CCC(NC(=O)c5ccccc5C(=O)O)C(C)(C)C4CCC3(C)[C@]1(C)CC2. The second-order valence-electron chi connectivity index (χ2n) is 19.3. The minimum Gasteiger partial charge on any atom is -0.478 e. The Morgan fingerprint density at radius 2 is 1.33 bits per heavy atom. The van der Waals surface area contributed by atoms with E-state index in [2.05, 4.69) is 65.9 Å². The zero-order chi connectivity index (χ0) is 39.1. The predicted molar refractivity (Wildman–Crippen MR) is 207 cm³/mol. The molecule has 3 N–H and O–H groups in total. The zero-order valence-corrected chi connectivity index (χ0v) is 33.0. The number of carboxylic acids is 2. The number of rotatable bonds is 7. The maximum atomic E-state index is 13.6. The Morgan fingerprint density at radius 1 is 0.741 bits per heavy atom. The molecule has 5 aliphatic carbocycles. The van der Waals surface area contributed by atoms with E-state index < -0.39 is 17.9 Å². The third-order valence-electron chi connectivity index (χ3n) is 16.0.